The summed E-state index contributed by atoms with van der Waals surface area (Å²) in [4.78, 5) is 25.8. The van der Waals surface area contributed by atoms with Gasteiger partial charge in [0.15, 0.2) is 0 Å². The van der Waals surface area contributed by atoms with E-state index in [1.807, 2.05) is 25.9 Å². The van der Waals surface area contributed by atoms with Crippen LogP contribution in [0.15, 0.2) is 29.4 Å². The van der Waals surface area contributed by atoms with Gasteiger partial charge in [0.2, 0.25) is 11.1 Å². The number of thioether (sulfide) groups is 1. The van der Waals surface area contributed by atoms with Crippen molar-refractivity contribution in [3.63, 3.8) is 0 Å². The molecular weight excluding hydrogens is 368 g/mol. The molecular formula is C17H24N6O3S. The van der Waals surface area contributed by atoms with Crippen LogP contribution in [0.5, 0.6) is 0 Å². The normalized spacial score (nSPS) is 12.0. The van der Waals surface area contributed by atoms with Gasteiger partial charge in [0.05, 0.1) is 24.5 Å². The van der Waals surface area contributed by atoms with Gasteiger partial charge in [-0.25, -0.2) is 9.48 Å². The van der Waals surface area contributed by atoms with Gasteiger partial charge in [-0.1, -0.05) is 23.9 Å². The number of carbonyl (C=O) groups is 2. The molecule has 146 valence electrons. The second-order valence-corrected chi connectivity index (χ2v) is 7.46. The molecule has 0 bridgehead atoms. The average Bonchev–Trinajstić information content (AvgIpc) is 3.11. The highest BCUT2D eigenvalue weighted by atomic mass is 32.2. The molecule has 1 atom stereocenters. The summed E-state index contributed by atoms with van der Waals surface area (Å²) < 4.78 is 6.36. The summed E-state index contributed by atoms with van der Waals surface area (Å²) >= 11 is 1.32. The molecule has 27 heavy (non-hydrogen) atoms. The maximum atomic E-state index is 12.3. The van der Waals surface area contributed by atoms with E-state index < -0.39 is 0 Å². The average molecular weight is 392 g/mol. The van der Waals surface area contributed by atoms with E-state index in [0.29, 0.717) is 23.8 Å². The molecule has 0 aliphatic rings. The van der Waals surface area contributed by atoms with Crippen LogP contribution in [0.2, 0.25) is 0 Å². The number of rotatable bonds is 9. The Kier molecular flexibility index (Phi) is 7.74. The molecule has 0 spiro atoms. The number of amides is 1. The molecule has 1 aromatic carbocycles. The number of ether oxygens (including phenoxy) is 1. The molecule has 10 heteroatoms. The number of likely N-dealkylation sites (N-methyl/N-ethyl adjacent to an activating group) is 1. The number of nitrogens with zero attached hydrogens (tertiary/aromatic N) is 5. The van der Waals surface area contributed by atoms with E-state index in [2.05, 4.69) is 25.6 Å². The third-order valence-electron chi connectivity index (χ3n) is 3.75. The Balaban J connectivity index is 1.85. The summed E-state index contributed by atoms with van der Waals surface area (Å²) in [7, 11) is 5.29. The lowest BCUT2D eigenvalue weighted by Gasteiger charge is -2.13. The van der Waals surface area contributed by atoms with E-state index in [-0.39, 0.29) is 17.1 Å². The van der Waals surface area contributed by atoms with Crippen LogP contribution in [0.25, 0.3) is 0 Å². The molecule has 0 aliphatic carbocycles. The predicted molar refractivity (Wildman–Crippen MR) is 101 cm³/mol. The first-order chi connectivity index (χ1) is 12.9. The summed E-state index contributed by atoms with van der Waals surface area (Å²) in [6.45, 7) is 3.64. The third kappa shape index (κ3) is 6.33. The lowest BCUT2D eigenvalue weighted by Crippen LogP contribution is -2.30. The van der Waals surface area contributed by atoms with Crippen LogP contribution < -0.4 is 5.32 Å². The Labute approximate surface area is 162 Å². The number of nitrogens with one attached hydrogen (secondary N) is 1. The van der Waals surface area contributed by atoms with Crippen molar-refractivity contribution in [2.45, 2.75) is 30.4 Å². The zero-order chi connectivity index (χ0) is 19.8. The zero-order valence-corrected chi connectivity index (χ0v) is 16.7. The number of carbonyl (C=O) groups excluding carboxylic acids is 2. The summed E-state index contributed by atoms with van der Waals surface area (Å²) in [6.07, 6.45) is 0. The number of aromatic nitrogens is 4. The standard InChI is InChI=1S/C17H24N6O3S/c1-12(27-17-19-20-21-23(17)10-9-22(2)3)15(24)18-11-13-5-7-14(8-6-13)16(25)26-4/h5-8,12H,9-11H2,1-4H3,(H,18,24). The minimum atomic E-state index is -0.386. The summed E-state index contributed by atoms with van der Waals surface area (Å²) in [5.41, 5.74) is 1.37. The molecule has 0 fully saturated rings. The third-order valence-corrected chi connectivity index (χ3v) is 4.82. The van der Waals surface area contributed by atoms with Gasteiger partial charge in [0.25, 0.3) is 0 Å². The molecule has 0 saturated heterocycles. The minimum Gasteiger partial charge on any atom is -0.465 e. The Morgan fingerprint density at radius 1 is 1.30 bits per heavy atom. The van der Waals surface area contributed by atoms with Gasteiger partial charge in [-0.05, 0) is 49.1 Å². The van der Waals surface area contributed by atoms with E-state index >= 15 is 0 Å². The van der Waals surface area contributed by atoms with Crippen molar-refractivity contribution in [3.05, 3.63) is 35.4 Å². The van der Waals surface area contributed by atoms with Crippen molar-refractivity contribution in [2.24, 2.45) is 0 Å². The van der Waals surface area contributed by atoms with Crippen molar-refractivity contribution in [1.82, 2.24) is 30.4 Å². The molecule has 1 heterocycles. The molecule has 2 rings (SSSR count). The molecule has 2 aromatic rings. The Morgan fingerprint density at radius 3 is 2.63 bits per heavy atom. The van der Waals surface area contributed by atoms with Crippen LogP contribution in [0.1, 0.15) is 22.8 Å². The molecule has 0 saturated carbocycles. The fraction of sp³-hybridized carbons (Fsp3) is 0.471. The molecule has 1 N–H and O–H groups in total. The molecule has 9 nitrogen and oxygen atoms in total. The fourth-order valence-electron chi connectivity index (χ4n) is 2.14. The monoisotopic (exact) mass is 392 g/mol. The largest absolute Gasteiger partial charge is 0.465 e. The molecule has 0 aliphatic heterocycles. The zero-order valence-electron chi connectivity index (χ0n) is 15.9. The van der Waals surface area contributed by atoms with Crippen molar-refractivity contribution >= 4 is 23.6 Å². The van der Waals surface area contributed by atoms with Crippen molar-refractivity contribution < 1.29 is 14.3 Å². The Hall–Kier alpha value is -2.46. The predicted octanol–water partition coefficient (Wildman–Crippen LogP) is 0.818. The molecule has 1 aromatic heterocycles. The number of esters is 1. The first-order valence-corrected chi connectivity index (χ1v) is 9.31. The number of hydrogen-bond donors (Lipinski definition) is 1. The Bertz CT molecular complexity index is 762. The summed E-state index contributed by atoms with van der Waals surface area (Å²) in [5, 5.41) is 14.8. The van der Waals surface area contributed by atoms with Gasteiger partial charge in [0, 0.05) is 13.1 Å². The molecule has 1 unspecified atom stereocenters. The van der Waals surface area contributed by atoms with Gasteiger partial charge in [0.1, 0.15) is 0 Å². The highest BCUT2D eigenvalue weighted by Gasteiger charge is 2.18. The quantitative estimate of drug-likeness (QED) is 0.494. The highest BCUT2D eigenvalue weighted by Crippen LogP contribution is 2.20. The summed E-state index contributed by atoms with van der Waals surface area (Å²) in [6, 6.07) is 6.91. The van der Waals surface area contributed by atoms with Crippen LogP contribution in [0.4, 0.5) is 0 Å². The van der Waals surface area contributed by atoms with E-state index in [0.717, 1.165) is 12.1 Å². The van der Waals surface area contributed by atoms with Crippen molar-refractivity contribution in [2.75, 3.05) is 27.7 Å². The first kappa shape index (κ1) is 20.8. The number of methoxy groups -OCH3 is 1. The van der Waals surface area contributed by atoms with Crippen molar-refractivity contribution in [1.29, 1.82) is 0 Å². The number of hydrogen-bond acceptors (Lipinski definition) is 8. The van der Waals surface area contributed by atoms with Crippen LogP contribution in [0, 0.1) is 0 Å². The molecule has 0 radical (unpaired) electrons. The van der Waals surface area contributed by atoms with Crippen molar-refractivity contribution in [3.8, 4) is 0 Å². The second kappa shape index (κ2) is 10.0. The van der Waals surface area contributed by atoms with Gasteiger partial charge >= 0.3 is 5.97 Å². The second-order valence-electron chi connectivity index (χ2n) is 6.15. The van der Waals surface area contributed by atoms with Gasteiger partial charge in [-0.3, -0.25) is 4.79 Å². The highest BCUT2D eigenvalue weighted by molar-refractivity contribution is 8.00. The van der Waals surface area contributed by atoms with Gasteiger partial charge in [-0.15, -0.1) is 5.10 Å². The van der Waals surface area contributed by atoms with Gasteiger partial charge < -0.3 is 15.0 Å². The fourth-order valence-corrected chi connectivity index (χ4v) is 2.98. The minimum absolute atomic E-state index is 0.112. The van der Waals surface area contributed by atoms with E-state index in [1.54, 1.807) is 28.9 Å². The van der Waals surface area contributed by atoms with Gasteiger partial charge in [-0.2, -0.15) is 0 Å². The maximum Gasteiger partial charge on any atom is 0.337 e. The topological polar surface area (TPSA) is 102 Å². The Morgan fingerprint density at radius 2 is 2.00 bits per heavy atom. The lowest BCUT2D eigenvalue weighted by atomic mass is 10.1. The summed E-state index contributed by atoms with van der Waals surface area (Å²) in [5.74, 6) is -0.498. The van der Waals surface area contributed by atoms with Crippen LogP contribution in [-0.2, 0) is 22.6 Å². The van der Waals surface area contributed by atoms with Crippen LogP contribution in [0.3, 0.4) is 0 Å². The number of benzene rings is 1. The van der Waals surface area contributed by atoms with Crippen LogP contribution in [-0.4, -0.2) is 70.0 Å². The van der Waals surface area contributed by atoms with E-state index in [4.69, 9.17) is 0 Å². The van der Waals surface area contributed by atoms with E-state index in [1.165, 1.54) is 18.9 Å². The first-order valence-electron chi connectivity index (χ1n) is 8.43. The van der Waals surface area contributed by atoms with Crippen LogP contribution >= 0.6 is 11.8 Å². The number of tetrazole rings is 1. The van der Waals surface area contributed by atoms with E-state index in [9.17, 15) is 9.59 Å². The lowest BCUT2D eigenvalue weighted by molar-refractivity contribution is -0.120. The maximum absolute atomic E-state index is 12.3. The smallest absolute Gasteiger partial charge is 0.337 e. The SMILES string of the molecule is COC(=O)c1ccc(CNC(=O)C(C)Sc2nnnn2CCN(C)C)cc1. The molecule has 1 amide bonds.